The van der Waals surface area contributed by atoms with E-state index in [1.807, 2.05) is 17.1 Å². The molecule has 2 saturated heterocycles. The highest BCUT2D eigenvalue weighted by molar-refractivity contribution is 5.90. The van der Waals surface area contributed by atoms with Crippen molar-refractivity contribution in [1.29, 1.82) is 0 Å². The van der Waals surface area contributed by atoms with Gasteiger partial charge in [-0.25, -0.2) is 0 Å². The number of carbonyl (C=O) groups is 2. The SMILES string of the molecule is CC1(C)[C@@H]2CC=C(CN3C[C@@]45C=C[C@H](O4)[C@@H](C(=O)O)[C@H]5C3=O)[C@@H]1C2. The van der Waals surface area contributed by atoms with Crippen molar-refractivity contribution in [3.63, 3.8) is 0 Å². The third-order valence-electron chi connectivity index (χ3n) is 7.42. The van der Waals surface area contributed by atoms with Crippen LogP contribution in [0.2, 0.25) is 0 Å². The Morgan fingerprint density at radius 2 is 2.25 bits per heavy atom. The first-order valence-corrected chi connectivity index (χ1v) is 8.91. The Labute approximate surface area is 141 Å². The Morgan fingerprint density at radius 3 is 2.92 bits per heavy atom. The second-order valence-corrected chi connectivity index (χ2v) is 8.75. The molecule has 3 aliphatic heterocycles. The number of carbonyl (C=O) groups excluding carboxylic acids is 1. The number of fused-ring (bicyclic) bond motifs is 2. The van der Waals surface area contributed by atoms with Crippen LogP contribution in [0.4, 0.5) is 0 Å². The van der Waals surface area contributed by atoms with Crippen LogP contribution in [0, 0.1) is 29.1 Å². The molecular weight excluding hydrogens is 306 g/mol. The molecule has 1 saturated carbocycles. The van der Waals surface area contributed by atoms with Crippen LogP contribution in [0.5, 0.6) is 0 Å². The zero-order valence-corrected chi connectivity index (χ0v) is 14.1. The molecule has 1 amide bonds. The second kappa shape index (κ2) is 4.31. The van der Waals surface area contributed by atoms with Gasteiger partial charge >= 0.3 is 5.97 Å². The van der Waals surface area contributed by atoms with Gasteiger partial charge in [-0.05, 0) is 30.1 Å². The molecule has 0 aromatic carbocycles. The molecule has 6 aliphatic rings. The third kappa shape index (κ3) is 1.59. The molecule has 3 aliphatic carbocycles. The van der Waals surface area contributed by atoms with E-state index in [-0.39, 0.29) is 5.91 Å². The molecule has 24 heavy (non-hydrogen) atoms. The van der Waals surface area contributed by atoms with E-state index in [0.29, 0.717) is 24.4 Å². The number of hydrogen-bond acceptors (Lipinski definition) is 3. The van der Waals surface area contributed by atoms with E-state index in [0.717, 1.165) is 12.3 Å². The molecule has 1 N–H and O–H groups in total. The number of hydrogen-bond donors (Lipinski definition) is 1. The van der Waals surface area contributed by atoms with Crippen LogP contribution in [0.3, 0.4) is 0 Å². The van der Waals surface area contributed by atoms with Crippen molar-refractivity contribution in [3.8, 4) is 0 Å². The number of likely N-dealkylation sites (tertiary alicyclic amines) is 1. The highest BCUT2D eigenvalue weighted by Crippen LogP contribution is 2.60. The number of carboxylic acids is 1. The number of rotatable bonds is 3. The van der Waals surface area contributed by atoms with E-state index < -0.39 is 29.5 Å². The van der Waals surface area contributed by atoms with E-state index in [2.05, 4.69) is 19.9 Å². The lowest BCUT2D eigenvalue weighted by Gasteiger charge is -2.56. The molecule has 0 aromatic rings. The fourth-order valence-electron chi connectivity index (χ4n) is 5.87. The minimum Gasteiger partial charge on any atom is -0.481 e. The van der Waals surface area contributed by atoms with Crippen LogP contribution in [-0.4, -0.2) is 46.7 Å². The average Bonchev–Trinajstić information content (AvgIpc) is 3.16. The highest BCUT2D eigenvalue weighted by atomic mass is 16.5. The number of ether oxygens (including phenoxy) is 1. The summed E-state index contributed by atoms with van der Waals surface area (Å²) in [5, 5.41) is 9.53. The lowest BCUT2D eigenvalue weighted by molar-refractivity contribution is -0.148. The van der Waals surface area contributed by atoms with Crippen molar-refractivity contribution in [2.24, 2.45) is 29.1 Å². The first-order chi connectivity index (χ1) is 11.3. The number of allylic oxidation sites excluding steroid dienone is 1. The summed E-state index contributed by atoms with van der Waals surface area (Å²) in [6.07, 6.45) is 7.95. The minimum absolute atomic E-state index is 0.0468. The Kier molecular flexibility index (Phi) is 2.64. The van der Waals surface area contributed by atoms with Crippen molar-refractivity contribution in [3.05, 3.63) is 23.8 Å². The van der Waals surface area contributed by atoms with Gasteiger partial charge in [0.05, 0.1) is 18.6 Å². The average molecular weight is 329 g/mol. The Bertz CT molecular complexity index is 708. The van der Waals surface area contributed by atoms with Crippen molar-refractivity contribution in [2.45, 2.75) is 38.4 Å². The molecule has 3 fully saturated rings. The fraction of sp³-hybridized carbons (Fsp3) is 0.684. The van der Waals surface area contributed by atoms with Gasteiger partial charge < -0.3 is 14.7 Å². The maximum atomic E-state index is 13.0. The Balaban J connectivity index is 1.40. The van der Waals surface area contributed by atoms with Gasteiger partial charge in [0.15, 0.2) is 0 Å². The second-order valence-electron chi connectivity index (χ2n) is 8.75. The molecule has 3 heterocycles. The van der Waals surface area contributed by atoms with Gasteiger partial charge in [-0.3, -0.25) is 9.59 Å². The van der Waals surface area contributed by atoms with E-state index in [1.54, 1.807) is 0 Å². The van der Waals surface area contributed by atoms with Gasteiger partial charge in [-0.15, -0.1) is 0 Å². The number of carboxylic acid groups (broad SMARTS) is 1. The van der Waals surface area contributed by atoms with Crippen molar-refractivity contribution < 1.29 is 19.4 Å². The van der Waals surface area contributed by atoms with Crippen molar-refractivity contribution in [2.75, 3.05) is 13.1 Å². The summed E-state index contributed by atoms with van der Waals surface area (Å²) in [5.41, 5.74) is 0.981. The standard InChI is InChI=1S/C19H23NO4/c1-18(2)11-4-3-10(12(18)7-11)8-20-9-19-6-5-13(24-19)14(17(22)23)15(19)16(20)21/h3,5-6,11-15H,4,7-9H2,1-2H3,(H,22,23)/t11-,12+,13+,14-,15+,19-/m1/s1. The van der Waals surface area contributed by atoms with Gasteiger partial charge in [0, 0.05) is 6.54 Å². The normalized spacial score (nSPS) is 46.8. The largest absolute Gasteiger partial charge is 0.481 e. The first kappa shape index (κ1) is 14.7. The predicted molar refractivity (Wildman–Crippen MR) is 86.0 cm³/mol. The van der Waals surface area contributed by atoms with Crippen LogP contribution in [-0.2, 0) is 14.3 Å². The monoisotopic (exact) mass is 329 g/mol. The smallest absolute Gasteiger partial charge is 0.310 e. The molecule has 5 heteroatoms. The fourth-order valence-corrected chi connectivity index (χ4v) is 5.87. The molecule has 0 unspecified atom stereocenters. The molecule has 5 nitrogen and oxygen atoms in total. The summed E-state index contributed by atoms with van der Waals surface area (Å²) in [5.74, 6) is -0.934. The lowest BCUT2D eigenvalue weighted by atomic mass is 9.49. The third-order valence-corrected chi connectivity index (χ3v) is 7.42. The minimum atomic E-state index is -0.925. The van der Waals surface area contributed by atoms with Crippen LogP contribution >= 0.6 is 0 Å². The van der Waals surface area contributed by atoms with Crippen LogP contribution < -0.4 is 0 Å². The van der Waals surface area contributed by atoms with E-state index in [1.165, 1.54) is 12.0 Å². The molecule has 0 aromatic heterocycles. The molecule has 6 atom stereocenters. The van der Waals surface area contributed by atoms with Crippen LogP contribution in [0.1, 0.15) is 26.7 Å². The lowest BCUT2D eigenvalue weighted by Crippen LogP contribution is -2.50. The topological polar surface area (TPSA) is 66.8 Å². The maximum absolute atomic E-state index is 13.0. The summed E-state index contributed by atoms with van der Waals surface area (Å²) in [6, 6.07) is 0. The molecule has 0 radical (unpaired) electrons. The highest BCUT2D eigenvalue weighted by Gasteiger charge is 2.67. The van der Waals surface area contributed by atoms with E-state index in [9.17, 15) is 14.7 Å². The summed E-state index contributed by atoms with van der Waals surface area (Å²) in [6.45, 7) is 5.77. The van der Waals surface area contributed by atoms with Gasteiger partial charge in [0.25, 0.3) is 0 Å². The summed E-state index contributed by atoms with van der Waals surface area (Å²) < 4.78 is 5.95. The molecule has 4 bridgehead atoms. The summed E-state index contributed by atoms with van der Waals surface area (Å²) >= 11 is 0. The Hall–Kier alpha value is -1.62. The molecular formula is C19H23NO4. The number of nitrogens with zero attached hydrogens (tertiary/aromatic N) is 1. The summed E-state index contributed by atoms with van der Waals surface area (Å²) in [7, 11) is 0. The zero-order chi connectivity index (χ0) is 16.9. The van der Waals surface area contributed by atoms with Gasteiger partial charge in [0.2, 0.25) is 5.91 Å². The van der Waals surface area contributed by atoms with Gasteiger partial charge in [-0.1, -0.05) is 37.6 Å². The van der Waals surface area contributed by atoms with E-state index in [4.69, 9.17) is 4.74 Å². The summed E-state index contributed by atoms with van der Waals surface area (Å²) in [4.78, 5) is 26.4. The molecule has 128 valence electrons. The number of aliphatic carboxylic acids is 1. The maximum Gasteiger partial charge on any atom is 0.310 e. The quantitative estimate of drug-likeness (QED) is 0.803. The zero-order valence-electron chi connectivity index (χ0n) is 14.1. The van der Waals surface area contributed by atoms with Crippen LogP contribution in [0.15, 0.2) is 23.8 Å². The molecule has 1 spiro atoms. The Morgan fingerprint density at radius 1 is 1.46 bits per heavy atom. The molecule has 6 rings (SSSR count). The van der Waals surface area contributed by atoms with Crippen LogP contribution in [0.25, 0.3) is 0 Å². The van der Waals surface area contributed by atoms with Crippen molar-refractivity contribution in [1.82, 2.24) is 4.90 Å². The van der Waals surface area contributed by atoms with Crippen molar-refractivity contribution >= 4 is 11.9 Å². The predicted octanol–water partition coefficient (Wildman–Crippen LogP) is 1.85. The first-order valence-electron chi connectivity index (χ1n) is 8.91. The van der Waals surface area contributed by atoms with Gasteiger partial charge in [0.1, 0.15) is 11.5 Å². The van der Waals surface area contributed by atoms with Gasteiger partial charge in [-0.2, -0.15) is 0 Å². The number of amides is 1. The van der Waals surface area contributed by atoms with E-state index >= 15 is 0 Å².